The van der Waals surface area contributed by atoms with E-state index in [2.05, 4.69) is 0 Å². The summed E-state index contributed by atoms with van der Waals surface area (Å²) in [6.45, 7) is 4.60. The average Bonchev–Trinajstić information content (AvgIpc) is 2.80. The number of nitrogens with zero attached hydrogens (tertiary/aromatic N) is 1. The van der Waals surface area contributed by atoms with Gasteiger partial charge in [-0.2, -0.15) is 0 Å². The van der Waals surface area contributed by atoms with E-state index in [0.717, 1.165) is 0 Å². The molecule has 2 aliphatic rings. The van der Waals surface area contributed by atoms with Gasteiger partial charge >= 0.3 is 5.97 Å². The zero-order valence-electron chi connectivity index (χ0n) is 11.2. The summed E-state index contributed by atoms with van der Waals surface area (Å²) in [6, 6.07) is -0.454. The first-order valence-electron chi connectivity index (χ1n) is 6.54. The summed E-state index contributed by atoms with van der Waals surface area (Å²) < 4.78 is 23.1. The van der Waals surface area contributed by atoms with E-state index >= 15 is 0 Å². The summed E-state index contributed by atoms with van der Waals surface area (Å²) in [5.74, 6) is -1.14. The van der Waals surface area contributed by atoms with Crippen LogP contribution in [0.5, 0.6) is 0 Å². The van der Waals surface area contributed by atoms with Crippen LogP contribution in [0, 0.1) is 11.3 Å². The number of sulfone groups is 1. The smallest absolute Gasteiger partial charge is 0.311 e. The molecule has 2 saturated heterocycles. The van der Waals surface area contributed by atoms with E-state index in [0.29, 0.717) is 19.5 Å². The van der Waals surface area contributed by atoms with Gasteiger partial charge in [-0.25, -0.2) is 8.42 Å². The minimum Gasteiger partial charge on any atom is -0.481 e. The molecule has 2 aliphatic heterocycles. The molecule has 0 saturated carbocycles. The lowest BCUT2D eigenvalue weighted by molar-refractivity contribution is -0.151. The lowest BCUT2D eigenvalue weighted by atomic mass is 9.76. The highest BCUT2D eigenvalue weighted by Gasteiger charge is 2.51. The van der Waals surface area contributed by atoms with Gasteiger partial charge in [-0.3, -0.25) is 9.69 Å². The van der Waals surface area contributed by atoms with Gasteiger partial charge in [0.25, 0.3) is 0 Å². The maximum atomic E-state index is 11.5. The first-order chi connectivity index (χ1) is 8.68. The van der Waals surface area contributed by atoms with Gasteiger partial charge in [-0.1, -0.05) is 13.8 Å². The molecule has 110 valence electrons. The van der Waals surface area contributed by atoms with Crippen molar-refractivity contribution in [3.63, 3.8) is 0 Å². The van der Waals surface area contributed by atoms with Crippen LogP contribution in [-0.4, -0.2) is 66.2 Å². The van der Waals surface area contributed by atoms with Crippen molar-refractivity contribution in [2.75, 3.05) is 24.6 Å². The molecule has 0 aromatic carbocycles. The Labute approximate surface area is 113 Å². The Morgan fingerprint density at radius 3 is 2.37 bits per heavy atom. The predicted octanol–water partition coefficient (Wildman–Crippen LogP) is -0.423. The van der Waals surface area contributed by atoms with Gasteiger partial charge in [0.1, 0.15) is 0 Å². The highest BCUT2D eigenvalue weighted by molar-refractivity contribution is 7.91. The Balaban J connectivity index is 2.16. The fourth-order valence-corrected chi connectivity index (χ4v) is 5.03. The van der Waals surface area contributed by atoms with E-state index in [1.807, 2.05) is 18.7 Å². The van der Waals surface area contributed by atoms with Crippen molar-refractivity contribution >= 4 is 15.8 Å². The van der Waals surface area contributed by atoms with Gasteiger partial charge in [0.05, 0.1) is 29.1 Å². The monoisotopic (exact) mass is 291 g/mol. The second-order valence-corrected chi connectivity index (χ2v) is 8.20. The highest BCUT2D eigenvalue weighted by atomic mass is 32.2. The molecule has 7 heteroatoms. The van der Waals surface area contributed by atoms with Crippen molar-refractivity contribution in [2.24, 2.45) is 11.3 Å². The number of likely N-dealkylation sites (tertiary alicyclic amines) is 1. The first-order valence-corrected chi connectivity index (χ1v) is 8.36. The normalized spacial score (nSPS) is 38.9. The molecule has 0 amide bonds. The van der Waals surface area contributed by atoms with E-state index in [4.69, 9.17) is 0 Å². The number of hydrogen-bond acceptors (Lipinski definition) is 5. The van der Waals surface area contributed by atoms with Crippen molar-refractivity contribution in [3.05, 3.63) is 0 Å². The molecule has 0 radical (unpaired) electrons. The zero-order chi connectivity index (χ0) is 14.4. The topological polar surface area (TPSA) is 94.9 Å². The molecular weight excluding hydrogens is 270 g/mol. The van der Waals surface area contributed by atoms with Crippen LogP contribution in [0.15, 0.2) is 0 Å². The van der Waals surface area contributed by atoms with Gasteiger partial charge in [0, 0.05) is 6.54 Å². The second-order valence-electron chi connectivity index (χ2n) is 6.05. The molecule has 0 aliphatic carbocycles. The van der Waals surface area contributed by atoms with Crippen LogP contribution in [-0.2, 0) is 14.6 Å². The zero-order valence-corrected chi connectivity index (χ0v) is 12.1. The number of aliphatic carboxylic acids is 1. The molecule has 0 aromatic rings. The molecule has 2 N–H and O–H groups in total. The Bertz CT molecular complexity index is 475. The SMILES string of the molecule is CC(C)C1(C(=O)O)CCN(C2CS(=O)(=O)CC2O)C1. The first kappa shape index (κ1) is 14.7. The largest absolute Gasteiger partial charge is 0.481 e. The molecule has 6 nitrogen and oxygen atoms in total. The van der Waals surface area contributed by atoms with Crippen LogP contribution in [0.1, 0.15) is 20.3 Å². The third-order valence-electron chi connectivity index (χ3n) is 4.62. The summed E-state index contributed by atoms with van der Waals surface area (Å²) in [5.41, 5.74) is -0.827. The summed E-state index contributed by atoms with van der Waals surface area (Å²) in [5, 5.41) is 19.3. The molecule has 0 aromatic heterocycles. The second kappa shape index (κ2) is 4.71. The number of carboxylic acid groups (broad SMARTS) is 1. The van der Waals surface area contributed by atoms with E-state index in [-0.39, 0.29) is 17.4 Å². The van der Waals surface area contributed by atoms with Crippen LogP contribution in [0.3, 0.4) is 0 Å². The molecule has 2 rings (SSSR count). The molecule has 3 unspecified atom stereocenters. The number of aliphatic hydroxyl groups is 1. The number of aliphatic hydroxyl groups excluding tert-OH is 1. The molecule has 3 atom stereocenters. The van der Waals surface area contributed by atoms with Crippen molar-refractivity contribution < 1.29 is 23.4 Å². The molecule has 2 heterocycles. The van der Waals surface area contributed by atoms with Gasteiger partial charge in [-0.05, 0) is 18.9 Å². The average molecular weight is 291 g/mol. The van der Waals surface area contributed by atoms with Crippen molar-refractivity contribution in [1.82, 2.24) is 4.90 Å². The van der Waals surface area contributed by atoms with Crippen LogP contribution in [0.25, 0.3) is 0 Å². The standard InChI is InChI=1S/C12H21NO5S/c1-8(2)12(11(15)16)3-4-13(7-12)9-5-19(17,18)6-10(9)14/h8-10,14H,3-7H2,1-2H3,(H,15,16). The maximum absolute atomic E-state index is 11.5. The van der Waals surface area contributed by atoms with Crippen molar-refractivity contribution in [1.29, 1.82) is 0 Å². The molecule has 0 bridgehead atoms. The fraction of sp³-hybridized carbons (Fsp3) is 0.917. The summed E-state index contributed by atoms with van der Waals surface area (Å²) in [6.07, 6.45) is -0.398. The molecule has 2 fully saturated rings. The minimum atomic E-state index is -3.20. The summed E-state index contributed by atoms with van der Waals surface area (Å²) >= 11 is 0. The van der Waals surface area contributed by atoms with E-state index in [1.54, 1.807) is 0 Å². The van der Waals surface area contributed by atoms with Gasteiger partial charge in [-0.15, -0.1) is 0 Å². The van der Waals surface area contributed by atoms with Crippen LogP contribution in [0.4, 0.5) is 0 Å². The van der Waals surface area contributed by atoms with E-state index in [1.165, 1.54) is 0 Å². The summed E-state index contributed by atoms with van der Waals surface area (Å²) in [7, 11) is -3.20. The maximum Gasteiger partial charge on any atom is 0.311 e. The Kier molecular flexibility index (Phi) is 3.66. The van der Waals surface area contributed by atoms with Gasteiger partial charge in [0.15, 0.2) is 9.84 Å². The van der Waals surface area contributed by atoms with Crippen LogP contribution >= 0.6 is 0 Å². The Morgan fingerprint density at radius 1 is 1.37 bits per heavy atom. The Morgan fingerprint density at radius 2 is 2.00 bits per heavy atom. The minimum absolute atomic E-state index is 0.0230. The third kappa shape index (κ3) is 2.51. The van der Waals surface area contributed by atoms with Crippen LogP contribution < -0.4 is 0 Å². The molecule has 19 heavy (non-hydrogen) atoms. The third-order valence-corrected chi connectivity index (χ3v) is 6.32. The lowest BCUT2D eigenvalue weighted by Crippen LogP contribution is -2.45. The number of hydrogen-bond donors (Lipinski definition) is 2. The fourth-order valence-electron chi connectivity index (χ4n) is 3.20. The molecule has 0 spiro atoms. The lowest BCUT2D eigenvalue weighted by Gasteiger charge is -2.31. The summed E-state index contributed by atoms with van der Waals surface area (Å²) in [4.78, 5) is 13.4. The van der Waals surface area contributed by atoms with E-state index < -0.39 is 33.4 Å². The Hall–Kier alpha value is -0.660. The number of carbonyl (C=O) groups is 1. The molecular formula is C12H21NO5S. The highest BCUT2D eigenvalue weighted by Crippen LogP contribution is 2.40. The van der Waals surface area contributed by atoms with E-state index in [9.17, 15) is 23.4 Å². The quantitative estimate of drug-likeness (QED) is 0.733. The predicted molar refractivity (Wildman–Crippen MR) is 69.5 cm³/mol. The van der Waals surface area contributed by atoms with Crippen molar-refractivity contribution in [2.45, 2.75) is 32.4 Å². The van der Waals surface area contributed by atoms with Crippen molar-refractivity contribution in [3.8, 4) is 0 Å². The van der Waals surface area contributed by atoms with Gasteiger partial charge < -0.3 is 10.2 Å². The number of rotatable bonds is 3. The van der Waals surface area contributed by atoms with Crippen LogP contribution in [0.2, 0.25) is 0 Å². The van der Waals surface area contributed by atoms with Gasteiger partial charge in [0.2, 0.25) is 0 Å². The number of carboxylic acids is 1.